The minimum atomic E-state index is -0.421. The van der Waals surface area contributed by atoms with Gasteiger partial charge < -0.3 is 4.42 Å². The molecule has 1 aromatic carbocycles. The Balaban J connectivity index is 1.61. The number of tetrazole rings is 1. The van der Waals surface area contributed by atoms with Crippen molar-refractivity contribution >= 4 is 35.0 Å². The summed E-state index contributed by atoms with van der Waals surface area (Å²) < 4.78 is 7.11. The Morgan fingerprint density at radius 1 is 1.32 bits per heavy atom. The highest BCUT2D eigenvalue weighted by molar-refractivity contribution is 8.00. The second-order valence-corrected chi connectivity index (χ2v) is 8.06. The number of rotatable bonds is 5. The number of halogens is 1. The lowest BCUT2D eigenvalue weighted by Gasteiger charge is -2.22. The first-order chi connectivity index (χ1) is 13.5. The van der Waals surface area contributed by atoms with Gasteiger partial charge in [-0.1, -0.05) is 35.5 Å². The molecule has 1 amide bonds. The maximum Gasteiger partial charge on any atom is 0.256 e. The van der Waals surface area contributed by atoms with Gasteiger partial charge in [0.15, 0.2) is 0 Å². The highest BCUT2D eigenvalue weighted by Crippen LogP contribution is 2.35. The van der Waals surface area contributed by atoms with E-state index in [1.807, 2.05) is 43.3 Å². The number of amides is 1. The Labute approximate surface area is 170 Å². The van der Waals surface area contributed by atoms with E-state index in [2.05, 4.69) is 20.6 Å². The lowest BCUT2D eigenvalue weighted by Crippen LogP contribution is -2.33. The van der Waals surface area contributed by atoms with Crippen LogP contribution in [0.15, 0.2) is 57.3 Å². The molecule has 3 heterocycles. The van der Waals surface area contributed by atoms with Crippen molar-refractivity contribution in [3.05, 3.63) is 59.0 Å². The summed E-state index contributed by atoms with van der Waals surface area (Å²) in [7, 11) is 1.73. The second-order valence-electron chi connectivity index (χ2n) is 6.32. The number of aryl methyl sites for hydroxylation is 1. The van der Waals surface area contributed by atoms with Gasteiger partial charge in [0.2, 0.25) is 5.16 Å². The minimum Gasteiger partial charge on any atom is -0.467 e. The molecule has 4 rings (SSSR count). The molecule has 3 aromatic rings. The zero-order chi connectivity index (χ0) is 19.7. The van der Waals surface area contributed by atoms with E-state index in [1.54, 1.807) is 13.3 Å². The number of carbonyl (C=O) groups excluding carboxylic acids is 1. The Kier molecular flexibility index (Phi) is 5.19. The summed E-state index contributed by atoms with van der Waals surface area (Å²) in [6.45, 7) is 1.82. The summed E-state index contributed by atoms with van der Waals surface area (Å²) >= 11 is 7.28. The monoisotopic (exact) mass is 416 g/mol. The van der Waals surface area contributed by atoms with Crippen molar-refractivity contribution in [3.63, 3.8) is 0 Å². The highest BCUT2D eigenvalue weighted by Gasteiger charge is 2.37. The fourth-order valence-electron chi connectivity index (χ4n) is 2.95. The summed E-state index contributed by atoms with van der Waals surface area (Å²) in [5.74, 6) is 0.553. The van der Waals surface area contributed by atoms with E-state index >= 15 is 0 Å². The van der Waals surface area contributed by atoms with Crippen LogP contribution >= 0.6 is 23.4 Å². The predicted octanol–water partition coefficient (Wildman–Crippen LogP) is 3.32. The summed E-state index contributed by atoms with van der Waals surface area (Å²) in [4.78, 5) is 13.2. The van der Waals surface area contributed by atoms with E-state index in [-0.39, 0.29) is 11.9 Å². The Hall–Kier alpha value is -2.65. The van der Waals surface area contributed by atoms with Gasteiger partial charge in [-0.25, -0.2) is 9.69 Å². The van der Waals surface area contributed by atoms with Gasteiger partial charge in [-0.05, 0) is 47.2 Å². The van der Waals surface area contributed by atoms with Gasteiger partial charge in [0.25, 0.3) is 5.91 Å². The summed E-state index contributed by atoms with van der Waals surface area (Å²) in [5.41, 5.74) is 1.73. The van der Waals surface area contributed by atoms with Crippen LogP contribution in [-0.2, 0) is 11.8 Å². The van der Waals surface area contributed by atoms with Crippen molar-refractivity contribution in [2.75, 3.05) is 0 Å². The van der Waals surface area contributed by atoms with Crippen LogP contribution in [0.4, 0.5) is 0 Å². The first kappa shape index (κ1) is 18.7. The molecule has 2 atom stereocenters. The third-order valence-corrected chi connectivity index (χ3v) is 5.76. The summed E-state index contributed by atoms with van der Waals surface area (Å²) in [6, 6.07) is 10.8. The molecule has 1 aliphatic rings. The quantitative estimate of drug-likeness (QED) is 0.593. The molecule has 0 unspecified atom stereocenters. The van der Waals surface area contributed by atoms with Crippen LogP contribution in [0.25, 0.3) is 0 Å². The van der Waals surface area contributed by atoms with Crippen molar-refractivity contribution in [3.8, 4) is 0 Å². The number of aromatic nitrogens is 4. The van der Waals surface area contributed by atoms with Crippen LogP contribution < -0.4 is 0 Å². The zero-order valence-electron chi connectivity index (χ0n) is 15.2. The SMILES string of the molecule is C[C@H](Sc1nnnn1C)C(=O)N1N=C(c2ccc(Cl)cc2)C[C@@H]1c1ccco1. The molecule has 8 nitrogen and oxygen atoms in total. The average molecular weight is 417 g/mol. The highest BCUT2D eigenvalue weighted by atomic mass is 35.5. The molecule has 28 heavy (non-hydrogen) atoms. The van der Waals surface area contributed by atoms with Gasteiger partial charge in [-0.15, -0.1) is 5.10 Å². The number of hydrogen-bond donors (Lipinski definition) is 0. The molecule has 144 valence electrons. The maximum absolute atomic E-state index is 13.2. The normalized spacial score (nSPS) is 17.6. The molecule has 2 aromatic heterocycles. The number of nitrogens with zero attached hydrogens (tertiary/aromatic N) is 6. The van der Waals surface area contributed by atoms with Crippen LogP contribution in [0, 0.1) is 0 Å². The van der Waals surface area contributed by atoms with Gasteiger partial charge in [0.05, 0.1) is 17.2 Å². The molecule has 0 radical (unpaired) electrons. The standard InChI is InChI=1S/C18H17ClN6O2S/c1-11(28-18-20-22-23-24(18)2)17(26)25-15(16-4-3-9-27-16)10-14(21-25)12-5-7-13(19)8-6-12/h3-9,11,15H,10H2,1-2H3/t11-,15+/m0/s1. The van der Waals surface area contributed by atoms with E-state index in [0.29, 0.717) is 22.4 Å². The summed E-state index contributed by atoms with van der Waals surface area (Å²) in [6.07, 6.45) is 2.16. The van der Waals surface area contributed by atoms with Gasteiger partial charge >= 0.3 is 0 Å². The molecule has 0 N–H and O–H groups in total. The maximum atomic E-state index is 13.2. The van der Waals surface area contributed by atoms with Gasteiger partial charge in [-0.2, -0.15) is 5.10 Å². The first-order valence-corrected chi connectivity index (χ1v) is 9.87. The molecule has 0 bridgehead atoms. The average Bonchev–Trinajstić information content (AvgIpc) is 3.43. The topological polar surface area (TPSA) is 89.4 Å². The van der Waals surface area contributed by atoms with Gasteiger partial charge in [0, 0.05) is 18.5 Å². The lowest BCUT2D eigenvalue weighted by molar-refractivity contribution is -0.132. The predicted molar refractivity (Wildman–Crippen MR) is 105 cm³/mol. The number of benzene rings is 1. The fraction of sp³-hybridized carbons (Fsp3) is 0.278. The van der Waals surface area contributed by atoms with Crippen LogP contribution in [0.3, 0.4) is 0 Å². The van der Waals surface area contributed by atoms with E-state index in [9.17, 15) is 4.79 Å². The van der Waals surface area contributed by atoms with Crippen LogP contribution in [0.1, 0.15) is 30.7 Å². The van der Waals surface area contributed by atoms with Crippen molar-refractivity contribution in [1.29, 1.82) is 0 Å². The lowest BCUT2D eigenvalue weighted by atomic mass is 10.0. The van der Waals surface area contributed by atoms with Crippen LogP contribution in [0.2, 0.25) is 5.02 Å². The molecule has 0 spiro atoms. The van der Waals surface area contributed by atoms with Crippen LogP contribution in [-0.4, -0.2) is 42.1 Å². The molecule has 0 aliphatic carbocycles. The van der Waals surface area contributed by atoms with E-state index < -0.39 is 5.25 Å². The number of thioether (sulfide) groups is 1. The second kappa shape index (κ2) is 7.76. The molecule has 0 saturated carbocycles. The molecular weight excluding hydrogens is 400 g/mol. The summed E-state index contributed by atoms with van der Waals surface area (Å²) in [5, 5.41) is 18.3. The number of hydrazone groups is 1. The van der Waals surface area contributed by atoms with Gasteiger partial charge in [0.1, 0.15) is 11.8 Å². The van der Waals surface area contributed by atoms with Gasteiger partial charge in [-0.3, -0.25) is 4.79 Å². The smallest absolute Gasteiger partial charge is 0.256 e. The molecular formula is C18H17ClN6O2S. The molecule has 10 heteroatoms. The Bertz CT molecular complexity index is 1000. The minimum absolute atomic E-state index is 0.140. The third-order valence-electron chi connectivity index (χ3n) is 4.40. The molecule has 0 saturated heterocycles. The van der Waals surface area contributed by atoms with E-state index in [0.717, 1.165) is 11.3 Å². The number of furan rings is 1. The molecule has 0 fully saturated rings. The van der Waals surface area contributed by atoms with Crippen LogP contribution in [0.5, 0.6) is 0 Å². The van der Waals surface area contributed by atoms with Crippen molar-refractivity contribution in [2.24, 2.45) is 12.1 Å². The van der Waals surface area contributed by atoms with Crippen molar-refractivity contribution in [1.82, 2.24) is 25.2 Å². The van der Waals surface area contributed by atoms with E-state index in [4.69, 9.17) is 16.0 Å². The first-order valence-electron chi connectivity index (χ1n) is 8.62. The van der Waals surface area contributed by atoms with Crippen molar-refractivity contribution < 1.29 is 9.21 Å². The third kappa shape index (κ3) is 3.67. The number of hydrogen-bond acceptors (Lipinski definition) is 7. The fourth-order valence-corrected chi connectivity index (χ4v) is 3.87. The van der Waals surface area contributed by atoms with E-state index in [1.165, 1.54) is 21.5 Å². The number of carbonyl (C=O) groups is 1. The van der Waals surface area contributed by atoms with Crippen molar-refractivity contribution in [2.45, 2.75) is 29.8 Å². The largest absolute Gasteiger partial charge is 0.467 e. The molecule has 1 aliphatic heterocycles. The Morgan fingerprint density at radius 2 is 2.11 bits per heavy atom. The zero-order valence-corrected chi connectivity index (χ0v) is 16.8. The Morgan fingerprint density at radius 3 is 2.75 bits per heavy atom.